The van der Waals surface area contributed by atoms with Crippen LogP contribution in [0.15, 0.2) is 82.2 Å². The lowest BCUT2D eigenvalue weighted by Crippen LogP contribution is -2.53. The van der Waals surface area contributed by atoms with Gasteiger partial charge in [-0.05, 0) is 67.8 Å². The Balaban J connectivity index is 1.68. The highest BCUT2D eigenvalue weighted by molar-refractivity contribution is 9.10. The van der Waals surface area contributed by atoms with E-state index in [0.717, 1.165) is 52.5 Å². The van der Waals surface area contributed by atoms with Gasteiger partial charge < -0.3 is 10.2 Å². The number of carbonyl (C=O) groups excluding carboxylic acids is 2. The van der Waals surface area contributed by atoms with Crippen LogP contribution in [0.4, 0.5) is 10.1 Å². The van der Waals surface area contributed by atoms with Gasteiger partial charge in [0, 0.05) is 17.1 Å². The summed E-state index contributed by atoms with van der Waals surface area (Å²) in [5.41, 5.74) is 0.790. The zero-order chi connectivity index (χ0) is 29.6. The number of nitrogens with one attached hydrogen (secondary N) is 1. The molecule has 11 heteroatoms. The molecule has 0 bridgehead atoms. The molecule has 0 spiro atoms. The van der Waals surface area contributed by atoms with Gasteiger partial charge >= 0.3 is 0 Å². The molecule has 1 aliphatic rings. The number of hydrogen-bond acceptors (Lipinski definition) is 4. The number of rotatable bonds is 10. The van der Waals surface area contributed by atoms with Gasteiger partial charge in [0.15, 0.2) is 0 Å². The highest BCUT2D eigenvalue weighted by atomic mass is 79.9. The fourth-order valence-electron chi connectivity index (χ4n) is 4.83. The summed E-state index contributed by atoms with van der Waals surface area (Å²) in [7, 11) is -4.26. The van der Waals surface area contributed by atoms with Gasteiger partial charge in [0.05, 0.1) is 15.6 Å². The van der Waals surface area contributed by atoms with E-state index in [1.54, 1.807) is 25.1 Å². The molecule has 3 aromatic carbocycles. The fourth-order valence-corrected chi connectivity index (χ4v) is 6.69. The lowest BCUT2D eigenvalue weighted by atomic mass is 9.95. The van der Waals surface area contributed by atoms with Gasteiger partial charge in [-0.2, -0.15) is 0 Å². The maximum absolute atomic E-state index is 14.0. The molecule has 218 valence electrons. The molecule has 0 aromatic heterocycles. The van der Waals surface area contributed by atoms with Gasteiger partial charge in [-0.1, -0.05) is 77.1 Å². The van der Waals surface area contributed by atoms with Gasteiger partial charge in [0.2, 0.25) is 11.8 Å². The maximum atomic E-state index is 14.0. The average Bonchev–Trinajstić information content (AvgIpc) is 2.97. The SMILES string of the molecule is C[C@@H](C(=O)NC1CCCCC1)N(Cc1ccc(Br)cc1)C(=O)CN(c1ccc(F)c(Cl)c1)S(=O)(=O)c1ccccc1. The number of nitrogens with zero attached hydrogens (tertiary/aromatic N) is 2. The Hall–Kier alpha value is -2.95. The first-order valence-corrected chi connectivity index (χ1v) is 16.0. The monoisotopic (exact) mass is 663 g/mol. The fraction of sp³-hybridized carbons (Fsp3) is 0.333. The van der Waals surface area contributed by atoms with E-state index in [2.05, 4.69) is 21.2 Å². The molecule has 1 fully saturated rings. The summed E-state index contributed by atoms with van der Waals surface area (Å²) >= 11 is 9.42. The summed E-state index contributed by atoms with van der Waals surface area (Å²) in [5, 5.41) is 2.79. The Morgan fingerprint density at radius 1 is 1.02 bits per heavy atom. The molecule has 0 unspecified atom stereocenters. The van der Waals surface area contributed by atoms with Crippen molar-refractivity contribution in [3.63, 3.8) is 0 Å². The van der Waals surface area contributed by atoms with Crippen molar-refractivity contribution in [1.82, 2.24) is 10.2 Å². The van der Waals surface area contributed by atoms with Crippen LogP contribution in [0.1, 0.15) is 44.6 Å². The molecule has 4 rings (SSSR count). The van der Waals surface area contributed by atoms with E-state index in [1.807, 2.05) is 24.3 Å². The molecular formula is C30H32BrClFN3O4S. The molecule has 1 aliphatic carbocycles. The second kappa shape index (κ2) is 13.8. The van der Waals surface area contributed by atoms with Crippen molar-refractivity contribution in [3.8, 4) is 0 Å². The highest BCUT2D eigenvalue weighted by Gasteiger charge is 2.33. The second-order valence-electron chi connectivity index (χ2n) is 10.1. The van der Waals surface area contributed by atoms with Crippen LogP contribution in [0.2, 0.25) is 5.02 Å². The molecule has 1 saturated carbocycles. The van der Waals surface area contributed by atoms with Crippen LogP contribution in [-0.4, -0.2) is 43.8 Å². The number of amides is 2. The first-order valence-electron chi connectivity index (χ1n) is 13.4. The van der Waals surface area contributed by atoms with E-state index in [1.165, 1.54) is 29.2 Å². The highest BCUT2D eigenvalue weighted by Crippen LogP contribution is 2.28. The third-order valence-corrected chi connectivity index (χ3v) is 9.79. The standard InChI is InChI=1S/C30H32BrClFN3O4S/c1-21(30(38)34-24-8-4-2-5-9-24)35(19-22-12-14-23(31)15-13-22)29(37)20-36(25-16-17-28(33)27(32)18-25)41(39,40)26-10-6-3-7-11-26/h3,6-7,10-18,21,24H,2,4-5,8-9,19-20H2,1H3,(H,34,38)/t21-/m0/s1. The summed E-state index contributed by atoms with van der Waals surface area (Å²) in [6.07, 6.45) is 4.97. The Morgan fingerprint density at radius 3 is 2.32 bits per heavy atom. The smallest absolute Gasteiger partial charge is 0.264 e. The first kappa shape index (κ1) is 31.0. The van der Waals surface area contributed by atoms with Crippen LogP contribution in [0.3, 0.4) is 0 Å². The number of anilines is 1. The van der Waals surface area contributed by atoms with E-state index < -0.39 is 34.3 Å². The van der Waals surface area contributed by atoms with Crippen molar-refractivity contribution in [2.24, 2.45) is 0 Å². The van der Waals surface area contributed by atoms with Crippen LogP contribution in [0.25, 0.3) is 0 Å². The van der Waals surface area contributed by atoms with Crippen LogP contribution in [-0.2, 0) is 26.2 Å². The summed E-state index contributed by atoms with van der Waals surface area (Å²) in [4.78, 5) is 28.7. The number of halogens is 3. The lowest BCUT2D eigenvalue weighted by Gasteiger charge is -2.33. The van der Waals surface area contributed by atoms with Gasteiger partial charge in [0.25, 0.3) is 10.0 Å². The second-order valence-corrected chi connectivity index (χ2v) is 13.3. The molecule has 3 aromatic rings. The molecular weight excluding hydrogens is 633 g/mol. The van der Waals surface area contributed by atoms with Gasteiger partial charge in [-0.25, -0.2) is 12.8 Å². The predicted octanol–water partition coefficient (Wildman–Crippen LogP) is 6.30. The van der Waals surface area contributed by atoms with Crippen molar-refractivity contribution < 1.29 is 22.4 Å². The molecule has 0 radical (unpaired) electrons. The Labute approximate surface area is 253 Å². The molecule has 1 N–H and O–H groups in total. The van der Waals surface area contributed by atoms with E-state index in [-0.39, 0.29) is 34.1 Å². The third kappa shape index (κ3) is 7.87. The van der Waals surface area contributed by atoms with E-state index in [4.69, 9.17) is 11.6 Å². The first-order chi connectivity index (χ1) is 19.6. The maximum Gasteiger partial charge on any atom is 0.264 e. The van der Waals surface area contributed by atoms with Crippen molar-refractivity contribution in [1.29, 1.82) is 0 Å². The van der Waals surface area contributed by atoms with Gasteiger partial charge in [-0.15, -0.1) is 0 Å². The zero-order valence-corrected chi connectivity index (χ0v) is 25.8. The Bertz CT molecular complexity index is 1470. The molecule has 0 heterocycles. The number of sulfonamides is 1. The average molecular weight is 665 g/mol. The minimum absolute atomic E-state index is 0.0245. The predicted molar refractivity (Wildman–Crippen MR) is 162 cm³/mol. The summed E-state index contributed by atoms with van der Waals surface area (Å²) in [5.74, 6) is -1.62. The number of hydrogen-bond donors (Lipinski definition) is 1. The summed E-state index contributed by atoms with van der Waals surface area (Å²) < 4.78 is 43.3. The largest absolute Gasteiger partial charge is 0.352 e. The van der Waals surface area contributed by atoms with Crippen molar-refractivity contribution >= 4 is 55.1 Å². The van der Waals surface area contributed by atoms with E-state index in [0.29, 0.717) is 0 Å². The quantitative estimate of drug-likeness (QED) is 0.276. The Morgan fingerprint density at radius 2 is 1.68 bits per heavy atom. The molecule has 0 aliphatic heterocycles. The summed E-state index contributed by atoms with van der Waals surface area (Å²) in [6, 6.07) is 17.6. The van der Waals surface area contributed by atoms with Gasteiger partial charge in [-0.3, -0.25) is 13.9 Å². The number of carbonyl (C=O) groups is 2. The number of benzene rings is 3. The van der Waals surface area contributed by atoms with Crippen molar-refractivity contribution in [2.75, 3.05) is 10.8 Å². The minimum Gasteiger partial charge on any atom is -0.352 e. The molecule has 41 heavy (non-hydrogen) atoms. The van der Waals surface area contributed by atoms with Crippen LogP contribution < -0.4 is 9.62 Å². The Kier molecular flexibility index (Phi) is 10.4. The molecule has 1 atom stereocenters. The van der Waals surface area contributed by atoms with Crippen molar-refractivity contribution in [2.45, 2.75) is 62.6 Å². The molecule has 0 saturated heterocycles. The molecule has 2 amide bonds. The lowest BCUT2D eigenvalue weighted by molar-refractivity contribution is -0.139. The topological polar surface area (TPSA) is 86.8 Å². The van der Waals surface area contributed by atoms with E-state index in [9.17, 15) is 22.4 Å². The normalized spacial score (nSPS) is 14.7. The summed E-state index contributed by atoms with van der Waals surface area (Å²) in [6.45, 7) is 1.09. The van der Waals surface area contributed by atoms with E-state index >= 15 is 0 Å². The van der Waals surface area contributed by atoms with Crippen molar-refractivity contribution in [3.05, 3.63) is 93.7 Å². The minimum atomic E-state index is -4.26. The zero-order valence-electron chi connectivity index (χ0n) is 22.6. The third-order valence-electron chi connectivity index (χ3n) is 7.19. The van der Waals surface area contributed by atoms with Crippen LogP contribution >= 0.6 is 27.5 Å². The van der Waals surface area contributed by atoms with Crippen LogP contribution in [0.5, 0.6) is 0 Å². The van der Waals surface area contributed by atoms with Gasteiger partial charge in [0.1, 0.15) is 18.4 Å². The molecule has 7 nitrogen and oxygen atoms in total. The van der Waals surface area contributed by atoms with Crippen LogP contribution in [0, 0.1) is 5.82 Å².